The molecule has 0 aliphatic carbocycles. The Hall–Kier alpha value is -2.56. The molecule has 2 aliphatic heterocycles. The molecule has 0 saturated heterocycles. The van der Waals surface area contributed by atoms with Crippen LogP contribution >= 0.6 is 0 Å². The molecule has 4 heteroatoms. The molecular weight excluding hydrogens is 548 g/mol. The maximum absolute atomic E-state index is 6.79. The summed E-state index contributed by atoms with van der Waals surface area (Å²) in [6.07, 6.45) is 0. The summed E-state index contributed by atoms with van der Waals surface area (Å²) in [5.74, 6) is 11.2. The fourth-order valence-electron chi connectivity index (χ4n) is 6.67. The van der Waals surface area contributed by atoms with Gasteiger partial charge < -0.3 is 0 Å². The van der Waals surface area contributed by atoms with Gasteiger partial charge in [0.2, 0.25) is 0 Å². The molecule has 2 aliphatic rings. The monoisotopic (exact) mass is 580 g/mol. The van der Waals surface area contributed by atoms with E-state index in [-0.39, 0.29) is 0 Å². The molecule has 5 aromatic rings. The van der Waals surface area contributed by atoms with Crippen LogP contribution in [0.4, 0.5) is 0 Å². The Labute approximate surface area is 212 Å². The number of rotatable bonds is 1. The number of nitrogens with zero attached hydrogens (tertiary/aromatic N) is 1. The molecule has 0 bridgehead atoms. The summed E-state index contributed by atoms with van der Waals surface area (Å²) in [5.41, 5.74) is 10.3. The van der Waals surface area contributed by atoms with Gasteiger partial charge >= 0.3 is 213 Å². The molecule has 172 valence electrons. The molecule has 0 saturated carbocycles. The Morgan fingerprint density at radius 1 is 0.629 bits per heavy atom. The second kappa shape index (κ2) is 7.01. The first-order valence-electron chi connectivity index (χ1n) is 12.5. The van der Waals surface area contributed by atoms with Gasteiger partial charge in [-0.1, -0.05) is 0 Å². The first kappa shape index (κ1) is 21.7. The number of fused-ring (bicyclic) bond motifs is 8. The van der Waals surface area contributed by atoms with Gasteiger partial charge in [0.25, 0.3) is 0 Å². The van der Waals surface area contributed by atoms with E-state index in [9.17, 15) is 0 Å². The predicted molar refractivity (Wildman–Crippen MR) is 152 cm³/mol. The van der Waals surface area contributed by atoms with Gasteiger partial charge in [-0.05, 0) is 0 Å². The van der Waals surface area contributed by atoms with Crippen LogP contribution in [0.25, 0.3) is 44.8 Å². The number of oxazole rings is 1. The molecule has 1 aromatic heterocycles. The number of hydrogen-bond acceptors (Lipinski definition) is 1. The molecule has 0 unspecified atom stereocenters. The number of aryl methyl sites for hydroxylation is 2. The molecule has 7 rings (SSSR count). The summed E-state index contributed by atoms with van der Waals surface area (Å²) < 4.78 is 15.5. The van der Waals surface area contributed by atoms with Crippen molar-refractivity contribution in [3.8, 4) is 33.7 Å². The van der Waals surface area contributed by atoms with Crippen LogP contribution in [0, 0.1) is 6.92 Å². The van der Waals surface area contributed by atoms with Crippen molar-refractivity contribution in [1.82, 2.24) is 0 Å². The van der Waals surface area contributed by atoms with Crippen molar-refractivity contribution in [2.24, 2.45) is 7.05 Å². The van der Waals surface area contributed by atoms with Crippen LogP contribution in [0.3, 0.4) is 0 Å². The molecular formula is C31H30Ge2NO+. The zero-order chi connectivity index (χ0) is 24.3. The van der Waals surface area contributed by atoms with Crippen molar-refractivity contribution in [3.63, 3.8) is 0 Å². The van der Waals surface area contributed by atoms with Crippen molar-refractivity contribution in [1.29, 1.82) is 0 Å². The van der Waals surface area contributed by atoms with Gasteiger partial charge in [-0.2, -0.15) is 0 Å². The zero-order valence-electron chi connectivity index (χ0n) is 21.3. The van der Waals surface area contributed by atoms with Crippen molar-refractivity contribution < 1.29 is 8.98 Å². The fraction of sp³-hybridized carbons (Fsp3) is 0.194. The third-order valence-electron chi connectivity index (χ3n) is 8.71. The van der Waals surface area contributed by atoms with E-state index in [0.29, 0.717) is 0 Å². The van der Waals surface area contributed by atoms with E-state index in [1.165, 1.54) is 33.3 Å². The van der Waals surface area contributed by atoms with Crippen molar-refractivity contribution in [2.75, 3.05) is 0 Å². The van der Waals surface area contributed by atoms with E-state index < -0.39 is 26.5 Å². The maximum atomic E-state index is 6.79. The van der Waals surface area contributed by atoms with Crippen LogP contribution in [-0.4, -0.2) is 26.5 Å². The number of aromatic nitrogens is 1. The third-order valence-corrected chi connectivity index (χ3v) is 23.5. The van der Waals surface area contributed by atoms with Gasteiger partial charge in [0.05, 0.1) is 0 Å². The molecule has 0 atom stereocenters. The van der Waals surface area contributed by atoms with Crippen molar-refractivity contribution in [3.05, 3.63) is 78.4 Å². The van der Waals surface area contributed by atoms with Gasteiger partial charge in [-0.25, -0.2) is 0 Å². The van der Waals surface area contributed by atoms with Gasteiger partial charge in [-0.3, -0.25) is 0 Å². The molecule has 0 fully saturated rings. The Balaban J connectivity index is 1.56. The van der Waals surface area contributed by atoms with Crippen molar-refractivity contribution in [2.45, 2.75) is 29.9 Å². The summed E-state index contributed by atoms with van der Waals surface area (Å²) in [6.45, 7) is 2.16. The van der Waals surface area contributed by atoms with Gasteiger partial charge in [0, 0.05) is 0 Å². The van der Waals surface area contributed by atoms with E-state index in [1.807, 2.05) is 0 Å². The zero-order valence-corrected chi connectivity index (χ0v) is 25.5. The van der Waals surface area contributed by atoms with Crippen LogP contribution in [0.2, 0.25) is 23.0 Å². The normalized spacial score (nSPS) is 16.2. The topological polar surface area (TPSA) is 17.0 Å². The van der Waals surface area contributed by atoms with E-state index in [0.717, 1.165) is 17.0 Å². The molecule has 2 nitrogen and oxygen atoms in total. The summed E-state index contributed by atoms with van der Waals surface area (Å²) in [6, 6.07) is 27.6. The average Bonchev–Trinajstić information content (AvgIpc) is 3.38. The summed E-state index contributed by atoms with van der Waals surface area (Å²) in [5, 5.41) is 0. The SMILES string of the molecule is Cc1ccccc1-c1oc2c3[c](ccc2[n+]1C)[Ge]([CH3])([CH3])[c]1c[c]2c(cc1-3)-c1cccc[c]1[Ge]2([CH3])[CH3]. The van der Waals surface area contributed by atoms with Crippen molar-refractivity contribution >= 4 is 55.2 Å². The Kier molecular flexibility index (Phi) is 4.35. The quantitative estimate of drug-likeness (QED) is 0.206. The standard InChI is InChI=1S/C31H30Ge2NO/c1-19-11-7-8-12-20(19)31-34(6)28-16-15-25-29(30(28)35-31)23-17-22-21-13-9-10-14-24(21)32(2,3)26(22)18-27(23)33(25,4)5/h7-18H,1-6H3/q+1. The second-order valence-electron chi connectivity index (χ2n) is 11.4. The summed E-state index contributed by atoms with van der Waals surface area (Å²) in [4.78, 5) is 0. The molecule has 0 radical (unpaired) electrons. The van der Waals surface area contributed by atoms with Gasteiger partial charge in [0.15, 0.2) is 0 Å². The fourth-order valence-corrected chi connectivity index (χ4v) is 20.1. The van der Waals surface area contributed by atoms with E-state index >= 15 is 0 Å². The Morgan fingerprint density at radius 2 is 1.29 bits per heavy atom. The van der Waals surface area contributed by atoms with E-state index in [4.69, 9.17) is 4.42 Å². The van der Waals surface area contributed by atoms with Crippen LogP contribution in [0.15, 0.2) is 77.2 Å². The summed E-state index contributed by atoms with van der Waals surface area (Å²) >= 11 is -4.77. The number of benzene rings is 4. The first-order chi connectivity index (χ1) is 16.7. The molecule has 0 spiro atoms. The van der Waals surface area contributed by atoms with Crippen LogP contribution in [-0.2, 0) is 7.05 Å². The van der Waals surface area contributed by atoms with Gasteiger partial charge in [-0.15, -0.1) is 0 Å². The molecule has 0 N–H and O–H groups in total. The molecule has 4 aromatic carbocycles. The van der Waals surface area contributed by atoms with Crippen LogP contribution < -0.4 is 22.2 Å². The number of hydrogen-bond donors (Lipinski definition) is 0. The minimum absolute atomic E-state index is 0.938. The summed E-state index contributed by atoms with van der Waals surface area (Å²) in [7, 11) is 2.14. The molecule has 0 amide bonds. The average molecular weight is 578 g/mol. The van der Waals surface area contributed by atoms with E-state index in [1.54, 1.807) is 17.6 Å². The molecule has 3 heterocycles. The minimum atomic E-state index is -2.47. The Bertz CT molecular complexity index is 1720. The van der Waals surface area contributed by atoms with E-state index in [2.05, 4.69) is 114 Å². The van der Waals surface area contributed by atoms with Crippen LogP contribution in [0.1, 0.15) is 5.56 Å². The van der Waals surface area contributed by atoms with Crippen LogP contribution in [0.5, 0.6) is 0 Å². The Morgan fingerprint density at radius 3 is 2.06 bits per heavy atom. The third kappa shape index (κ3) is 2.70. The van der Waals surface area contributed by atoms with Gasteiger partial charge in [0.1, 0.15) is 0 Å². The predicted octanol–water partition coefficient (Wildman–Crippen LogP) is 4.84. The first-order valence-corrected chi connectivity index (χ1v) is 25.1. The molecule has 35 heavy (non-hydrogen) atoms. The second-order valence-corrected chi connectivity index (χ2v) is 29.5.